The van der Waals surface area contributed by atoms with E-state index in [1.165, 1.54) is 10.9 Å². The summed E-state index contributed by atoms with van der Waals surface area (Å²) in [6.45, 7) is 6.69. The molecule has 0 unspecified atom stereocenters. The molecule has 18 heavy (non-hydrogen) atoms. The molecule has 0 fully saturated rings. The molecule has 0 aliphatic heterocycles. The summed E-state index contributed by atoms with van der Waals surface area (Å²) in [5.41, 5.74) is 0.377. The standard InChI is InChI=1S/C11H17N3O4/c1-7-8(5-14(13-7)6-9(15)16)12-10(17)18-11(2,3)4/h5H,6H2,1-4H3,(H,12,17)(H,15,16). The van der Waals surface area contributed by atoms with Crippen LogP contribution in [-0.2, 0) is 16.1 Å². The number of hydrogen-bond donors (Lipinski definition) is 2. The van der Waals surface area contributed by atoms with Gasteiger partial charge in [-0.25, -0.2) is 4.79 Å². The number of carbonyl (C=O) groups excluding carboxylic acids is 1. The van der Waals surface area contributed by atoms with Gasteiger partial charge in [-0.2, -0.15) is 5.10 Å². The molecule has 1 heterocycles. The van der Waals surface area contributed by atoms with E-state index in [-0.39, 0.29) is 6.54 Å². The first-order chi connectivity index (χ1) is 8.17. The molecule has 1 aromatic rings. The molecule has 0 aliphatic rings. The second-order valence-corrected chi connectivity index (χ2v) is 4.85. The number of aliphatic carboxylic acids is 1. The van der Waals surface area contributed by atoms with Gasteiger partial charge < -0.3 is 9.84 Å². The van der Waals surface area contributed by atoms with Gasteiger partial charge in [0.05, 0.1) is 11.4 Å². The van der Waals surface area contributed by atoms with E-state index >= 15 is 0 Å². The summed E-state index contributed by atoms with van der Waals surface area (Å²) >= 11 is 0. The molecule has 0 bridgehead atoms. The lowest BCUT2D eigenvalue weighted by molar-refractivity contribution is -0.137. The Bertz CT molecular complexity index is 459. The van der Waals surface area contributed by atoms with Gasteiger partial charge in [0, 0.05) is 6.20 Å². The molecule has 7 nitrogen and oxygen atoms in total. The molecular weight excluding hydrogens is 238 g/mol. The average Bonchev–Trinajstić information content (AvgIpc) is 2.41. The SMILES string of the molecule is Cc1nn(CC(=O)O)cc1NC(=O)OC(C)(C)C. The number of aryl methyl sites for hydroxylation is 1. The number of hydrogen-bond acceptors (Lipinski definition) is 4. The summed E-state index contributed by atoms with van der Waals surface area (Å²) in [6, 6.07) is 0. The van der Waals surface area contributed by atoms with Crippen LogP contribution >= 0.6 is 0 Å². The van der Waals surface area contributed by atoms with Crippen LogP contribution in [-0.4, -0.2) is 32.6 Å². The smallest absolute Gasteiger partial charge is 0.412 e. The highest BCUT2D eigenvalue weighted by Gasteiger charge is 2.17. The van der Waals surface area contributed by atoms with Crippen LogP contribution in [0.15, 0.2) is 6.20 Å². The first-order valence-corrected chi connectivity index (χ1v) is 5.43. The fourth-order valence-corrected chi connectivity index (χ4v) is 1.27. The van der Waals surface area contributed by atoms with Crippen molar-refractivity contribution >= 4 is 17.7 Å². The molecule has 0 spiro atoms. The number of nitrogens with zero attached hydrogens (tertiary/aromatic N) is 2. The van der Waals surface area contributed by atoms with Crippen LogP contribution in [0.2, 0.25) is 0 Å². The molecule has 0 radical (unpaired) electrons. The van der Waals surface area contributed by atoms with Gasteiger partial charge in [0.15, 0.2) is 0 Å². The second kappa shape index (κ2) is 5.07. The quantitative estimate of drug-likeness (QED) is 0.856. The van der Waals surface area contributed by atoms with Crippen molar-refractivity contribution in [2.24, 2.45) is 0 Å². The Morgan fingerprint density at radius 1 is 1.50 bits per heavy atom. The maximum absolute atomic E-state index is 11.5. The van der Waals surface area contributed by atoms with Crippen molar-refractivity contribution in [3.05, 3.63) is 11.9 Å². The summed E-state index contributed by atoms with van der Waals surface area (Å²) in [5, 5.41) is 15.1. The van der Waals surface area contributed by atoms with E-state index < -0.39 is 17.7 Å². The van der Waals surface area contributed by atoms with Crippen LogP contribution in [0.5, 0.6) is 0 Å². The van der Waals surface area contributed by atoms with Crippen molar-refractivity contribution in [2.75, 3.05) is 5.32 Å². The van der Waals surface area contributed by atoms with E-state index in [4.69, 9.17) is 9.84 Å². The number of carboxylic acids is 1. The first-order valence-electron chi connectivity index (χ1n) is 5.43. The predicted octanol–water partition coefficient (Wildman–Crippen LogP) is 1.62. The summed E-state index contributed by atoms with van der Waals surface area (Å²) < 4.78 is 6.32. The average molecular weight is 255 g/mol. The van der Waals surface area contributed by atoms with Crippen molar-refractivity contribution in [3.8, 4) is 0 Å². The maximum atomic E-state index is 11.5. The zero-order valence-corrected chi connectivity index (χ0v) is 10.9. The van der Waals surface area contributed by atoms with Crippen LogP contribution < -0.4 is 5.32 Å². The number of rotatable bonds is 3. The van der Waals surface area contributed by atoms with Gasteiger partial charge in [-0.3, -0.25) is 14.8 Å². The molecule has 1 rings (SSSR count). The number of aromatic nitrogens is 2. The summed E-state index contributed by atoms with van der Waals surface area (Å²) in [6.07, 6.45) is 0.855. The third-order valence-electron chi connectivity index (χ3n) is 1.88. The molecule has 0 saturated heterocycles. The van der Waals surface area contributed by atoms with Crippen molar-refractivity contribution in [2.45, 2.75) is 39.8 Å². The van der Waals surface area contributed by atoms with Crippen LogP contribution in [0.4, 0.5) is 10.5 Å². The Hall–Kier alpha value is -2.05. The van der Waals surface area contributed by atoms with E-state index in [0.29, 0.717) is 11.4 Å². The lowest BCUT2D eigenvalue weighted by Crippen LogP contribution is -2.27. The maximum Gasteiger partial charge on any atom is 0.412 e. The number of ether oxygens (including phenoxy) is 1. The Morgan fingerprint density at radius 3 is 2.61 bits per heavy atom. The monoisotopic (exact) mass is 255 g/mol. The highest BCUT2D eigenvalue weighted by molar-refractivity contribution is 5.85. The van der Waals surface area contributed by atoms with Crippen LogP contribution in [0.25, 0.3) is 0 Å². The van der Waals surface area contributed by atoms with Crippen LogP contribution in [0.3, 0.4) is 0 Å². The molecule has 0 aliphatic carbocycles. The molecule has 2 N–H and O–H groups in total. The number of carbonyl (C=O) groups is 2. The Labute approximate surface area is 105 Å². The van der Waals surface area contributed by atoms with Crippen molar-refractivity contribution in [1.29, 1.82) is 0 Å². The topological polar surface area (TPSA) is 93.5 Å². The van der Waals surface area contributed by atoms with E-state index in [2.05, 4.69) is 10.4 Å². The Kier molecular flexibility index (Phi) is 3.95. The van der Waals surface area contributed by atoms with Gasteiger partial charge in [0.2, 0.25) is 0 Å². The lowest BCUT2D eigenvalue weighted by Gasteiger charge is -2.19. The van der Waals surface area contributed by atoms with Gasteiger partial charge in [0.1, 0.15) is 12.1 Å². The van der Waals surface area contributed by atoms with Crippen LogP contribution in [0.1, 0.15) is 26.5 Å². The third kappa shape index (κ3) is 4.44. The number of carboxylic acid groups (broad SMARTS) is 1. The Morgan fingerprint density at radius 2 is 2.11 bits per heavy atom. The minimum atomic E-state index is -0.999. The lowest BCUT2D eigenvalue weighted by atomic mass is 10.2. The molecule has 0 aromatic carbocycles. The zero-order valence-electron chi connectivity index (χ0n) is 10.9. The minimum Gasteiger partial charge on any atom is -0.480 e. The number of amides is 1. The molecule has 1 aromatic heterocycles. The Balaban J connectivity index is 2.70. The first kappa shape index (κ1) is 14.0. The molecular formula is C11H17N3O4. The van der Waals surface area contributed by atoms with Crippen molar-refractivity contribution in [1.82, 2.24) is 9.78 Å². The predicted molar refractivity (Wildman–Crippen MR) is 64.5 cm³/mol. The van der Waals surface area contributed by atoms with Gasteiger partial charge in [-0.1, -0.05) is 0 Å². The number of anilines is 1. The fraction of sp³-hybridized carbons (Fsp3) is 0.545. The van der Waals surface area contributed by atoms with E-state index in [0.717, 1.165) is 0 Å². The molecule has 7 heteroatoms. The second-order valence-electron chi connectivity index (χ2n) is 4.85. The molecule has 1 amide bonds. The third-order valence-corrected chi connectivity index (χ3v) is 1.88. The molecule has 0 saturated carbocycles. The van der Waals surface area contributed by atoms with Gasteiger partial charge in [-0.15, -0.1) is 0 Å². The van der Waals surface area contributed by atoms with Crippen molar-refractivity contribution in [3.63, 3.8) is 0 Å². The van der Waals surface area contributed by atoms with Gasteiger partial charge >= 0.3 is 12.1 Å². The van der Waals surface area contributed by atoms with Gasteiger partial charge in [-0.05, 0) is 27.7 Å². The highest BCUT2D eigenvalue weighted by Crippen LogP contribution is 2.14. The van der Waals surface area contributed by atoms with E-state index in [9.17, 15) is 9.59 Å². The summed E-state index contributed by atoms with van der Waals surface area (Å²) in [4.78, 5) is 22.1. The van der Waals surface area contributed by atoms with Gasteiger partial charge in [0.25, 0.3) is 0 Å². The minimum absolute atomic E-state index is 0.253. The van der Waals surface area contributed by atoms with Crippen LogP contribution in [0, 0.1) is 6.92 Å². The summed E-state index contributed by atoms with van der Waals surface area (Å²) in [7, 11) is 0. The largest absolute Gasteiger partial charge is 0.480 e. The fourth-order valence-electron chi connectivity index (χ4n) is 1.27. The van der Waals surface area contributed by atoms with E-state index in [1.807, 2.05) is 0 Å². The summed E-state index contributed by atoms with van der Waals surface area (Å²) in [5.74, 6) is -0.999. The zero-order chi connectivity index (χ0) is 13.9. The van der Waals surface area contributed by atoms with E-state index in [1.54, 1.807) is 27.7 Å². The highest BCUT2D eigenvalue weighted by atomic mass is 16.6. The molecule has 0 atom stereocenters. The normalized spacial score (nSPS) is 11.1. The van der Waals surface area contributed by atoms with Crippen molar-refractivity contribution < 1.29 is 19.4 Å². The molecule has 100 valence electrons. The number of nitrogens with one attached hydrogen (secondary N) is 1.